The molecule has 0 aromatic carbocycles. The van der Waals surface area contributed by atoms with Crippen LogP contribution in [0, 0.1) is 0 Å². The predicted molar refractivity (Wildman–Crippen MR) is 39.7 cm³/mol. The zero-order valence-corrected chi connectivity index (χ0v) is 6.48. The largest absolute Gasteiger partial charge is 0.352 e. The van der Waals surface area contributed by atoms with Crippen molar-refractivity contribution in [2.45, 2.75) is 32.4 Å². The Balaban J connectivity index is 2.46. The fourth-order valence-electron chi connectivity index (χ4n) is 1.27. The lowest BCUT2D eigenvalue weighted by molar-refractivity contribution is -0.120. The molecule has 0 aromatic heterocycles. The highest BCUT2D eigenvalue weighted by molar-refractivity contribution is 5.78. The SMILES string of the molecule is C[C@@H]1C[C@H](C)NCC(=O)N1. The van der Waals surface area contributed by atoms with Gasteiger partial charge >= 0.3 is 0 Å². The second-order valence-corrected chi connectivity index (χ2v) is 2.99. The molecule has 0 aromatic rings. The summed E-state index contributed by atoms with van der Waals surface area (Å²) in [4.78, 5) is 10.9. The molecule has 1 aliphatic rings. The van der Waals surface area contributed by atoms with Crippen LogP contribution in [0.4, 0.5) is 0 Å². The van der Waals surface area contributed by atoms with Gasteiger partial charge in [0.25, 0.3) is 0 Å². The number of amides is 1. The van der Waals surface area contributed by atoms with Crippen LogP contribution in [-0.2, 0) is 4.79 Å². The van der Waals surface area contributed by atoms with Crippen molar-refractivity contribution in [3.63, 3.8) is 0 Å². The highest BCUT2D eigenvalue weighted by Gasteiger charge is 2.15. The summed E-state index contributed by atoms with van der Waals surface area (Å²) in [6.07, 6.45) is 1.02. The third kappa shape index (κ3) is 1.99. The van der Waals surface area contributed by atoms with E-state index in [1.807, 2.05) is 6.92 Å². The molecule has 10 heavy (non-hydrogen) atoms. The maximum atomic E-state index is 10.9. The number of hydrogen-bond donors (Lipinski definition) is 2. The fourth-order valence-corrected chi connectivity index (χ4v) is 1.27. The minimum atomic E-state index is 0.108. The van der Waals surface area contributed by atoms with Gasteiger partial charge < -0.3 is 10.6 Å². The van der Waals surface area contributed by atoms with Crippen LogP contribution < -0.4 is 10.6 Å². The molecule has 0 unspecified atom stereocenters. The molecule has 0 bridgehead atoms. The van der Waals surface area contributed by atoms with E-state index < -0.39 is 0 Å². The minimum Gasteiger partial charge on any atom is -0.352 e. The van der Waals surface area contributed by atoms with Crippen LogP contribution in [0.1, 0.15) is 20.3 Å². The van der Waals surface area contributed by atoms with Crippen molar-refractivity contribution < 1.29 is 4.79 Å². The van der Waals surface area contributed by atoms with Gasteiger partial charge in [-0.15, -0.1) is 0 Å². The molecule has 58 valence electrons. The Hall–Kier alpha value is -0.570. The van der Waals surface area contributed by atoms with Crippen molar-refractivity contribution in [1.82, 2.24) is 10.6 Å². The van der Waals surface area contributed by atoms with Crippen LogP contribution in [0.15, 0.2) is 0 Å². The van der Waals surface area contributed by atoms with Gasteiger partial charge in [0, 0.05) is 12.1 Å². The molecule has 1 heterocycles. The summed E-state index contributed by atoms with van der Waals surface area (Å²) in [6, 6.07) is 0.770. The summed E-state index contributed by atoms with van der Waals surface area (Å²) >= 11 is 0. The van der Waals surface area contributed by atoms with E-state index in [0.717, 1.165) is 6.42 Å². The van der Waals surface area contributed by atoms with E-state index in [1.54, 1.807) is 0 Å². The van der Waals surface area contributed by atoms with Crippen molar-refractivity contribution in [2.24, 2.45) is 0 Å². The molecule has 1 saturated heterocycles. The Kier molecular flexibility index (Phi) is 2.27. The lowest BCUT2D eigenvalue weighted by Gasteiger charge is -2.11. The van der Waals surface area contributed by atoms with Crippen molar-refractivity contribution in [2.75, 3.05) is 6.54 Å². The summed E-state index contributed by atoms with van der Waals surface area (Å²) < 4.78 is 0. The van der Waals surface area contributed by atoms with Gasteiger partial charge in [0.2, 0.25) is 5.91 Å². The molecule has 0 saturated carbocycles. The molecule has 0 aliphatic carbocycles. The van der Waals surface area contributed by atoms with Gasteiger partial charge in [-0.25, -0.2) is 0 Å². The first-order valence-electron chi connectivity index (χ1n) is 3.71. The van der Waals surface area contributed by atoms with E-state index in [2.05, 4.69) is 17.6 Å². The van der Waals surface area contributed by atoms with Gasteiger partial charge in [0.15, 0.2) is 0 Å². The van der Waals surface area contributed by atoms with Crippen LogP contribution in [0.5, 0.6) is 0 Å². The molecule has 1 amide bonds. The molecule has 0 spiro atoms. The number of carbonyl (C=O) groups is 1. The van der Waals surface area contributed by atoms with E-state index in [9.17, 15) is 4.79 Å². The van der Waals surface area contributed by atoms with Crippen molar-refractivity contribution in [3.05, 3.63) is 0 Å². The van der Waals surface area contributed by atoms with Crippen LogP contribution in [0.3, 0.4) is 0 Å². The third-order valence-corrected chi connectivity index (χ3v) is 1.73. The van der Waals surface area contributed by atoms with Crippen LogP contribution in [-0.4, -0.2) is 24.5 Å². The second kappa shape index (κ2) is 3.01. The first-order chi connectivity index (χ1) is 4.68. The van der Waals surface area contributed by atoms with E-state index >= 15 is 0 Å². The summed E-state index contributed by atoms with van der Waals surface area (Å²) in [6.45, 7) is 4.59. The molecule has 2 N–H and O–H groups in total. The molecule has 0 radical (unpaired) electrons. The van der Waals surface area contributed by atoms with Gasteiger partial charge in [-0.05, 0) is 20.3 Å². The lowest BCUT2D eigenvalue weighted by Crippen LogP contribution is -2.33. The summed E-state index contributed by atoms with van der Waals surface area (Å²) in [5.74, 6) is 0.108. The quantitative estimate of drug-likeness (QED) is 0.495. The predicted octanol–water partition coefficient (Wildman–Crippen LogP) is -0.127. The highest BCUT2D eigenvalue weighted by atomic mass is 16.2. The molecule has 3 heteroatoms. The number of carbonyl (C=O) groups excluding carboxylic acids is 1. The first kappa shape index (κ1) is 7.54. The Bertz CT molecular complexity index is 136. The molecule has 1 aliphatic heterocycles. The van der Waals surface area contributed by atoms with Crippen molar-refractivity contribution >= 4 is 5.91 Å². The Morgan fingerprint density at radius 2 is 2.10 bits per heavy atom. The number of hydrogen-bond acceptors (Lipinski definition) is 2. The van der Waals surface area contributed by atoms with Gasteiger partial charge in [-0.3, -0.25) is 4.79 Å². The summed E-state index contributed by atoms with van der Waals surface area (Å²) in [7, 11) is 0. The topological polar surface area (TPSA) is 41.1 Å². The molecule has 1 rings (SSSR count). The van der Waals surface area contributed by atoms with Crippen molar-refractivity contribution in [3.8, 4) is 0 Å². The zero-order chi connectivity index (χ0) is 7.56. The maximum Gasteiger partial charge on any atom is 0.234 e. The molecule has 3 nitrogen and oxygen atoms in total. The van der Waals surface area contributed by atoms with E-state index in [1.165, 1.54) is 0 Å². The number of rotatable bonds is 0. The van der Waals surface area contributed by atoms with Gasteiger partial charge in [-0.2, -0.15) is 0 Å². The second-order valence-electron chi connectivity index (χ2n) is 2.99. The van der Waals surface area contributed by atoms with Gasteiger partial charge in [-0.1, -0.05) is 0 Å². The van der Waals surface area contributed by atoms with E-state index in [-0.39, 0.29) is 5.91 Å². The molecule has 1 fully saturated rings. The van der Waals surface area contributed by atoms with Crippen LogP contribution in [0.2, 0.25) is 0 Å². The Labute approximate surface area is 61.2 Å². The third-order valence-electron chi connectivity index (χ3n) is 1.73. The van der Waals surface area contributed by atoms with E-state index in [4.69, 9.17) is 0 Å². The first-order valence-corrected chi connectivity index (χ1v) is 3.71. The Morgan fingerprint density at radius 3 is 2.80 bits per heavy atom. The smallest absolute Gasteiger partial charge is 0.234 e. The minimum absolute atomic E-state index is 0.108. The molecular formula is C7H14N2O. The Morgan fingerprint density at radius 1 is 1.40 bits per heavy atom. The monoisotopic (exact) mass is 142 g/mol. The fraction of sp³-hybridized carbons (Fsp3) is 0.857. The lowest BCUT2D eigenvalue weighted by atomic mass is 10.1. The average molecular weight is 142 g/mol. The standard InChI is InChI=1S/C7H14N2O/c1-5-3-6(2)9-7(10)4-8-5/h5-6,8H,3-4H2,1-2H3,(H,9,10)/t5-,6+/m0/s1. The van der Waals surface area contributed by atoms with Crippen LogP contribution in [0.25, 0.3) is 0 Å². The van der Waals surface area contributed by atoms with Gasteiger partial charge in [0.05, 0.1) is 6.54 Å². The molecular weight excluding hydrogens is 128 g/mol. The van der Waals surface area contributed by atoms with Crippen LogP contribution >= 0.6 is 0 Å². The average Bonchev–Trinajstić information content (AvgIpc) is 1.93. The van der Waals surface area contributed by atoms with E-state index in [0.29, 0.717) is 18.6 Å². The molecule has 2 atom stereocenters. The van der Waals surface area contributed by atoms with Crippen molar-refractivity contribution in [1.29, 1.82) is 0 Å². The normalized spacial score (nSPS) is 34.8. The zero-order valence-electron chi connectivity index (χ0n) is 6.48. The summed E-state index contributed by atoms with van der Waals surface area (Å²) in [5.41, 5.74) is 0. The van der Waals surface area contributed by atoms with Gasteiger partial charge in [0.1, 0.15) is 0 Å². The maximum absolute atomic E-state index is 10.9. The number of nitrogens with one attached hydrogen (secondary N) is 2. The highest BCUT2D eigenvalue weighted by Crippen LogP contribution is 1.99. The summed E-state index contributed by atoms with van der Waals surface area (Å²) in [5, 5.41) is 5.98.